The predicted molar refractivity (Wildman–Crippen MR) is 126 cm³/mol. The molecule has 2 aliphatic heterocycles. The van der Waals surface area contributed by atoms with Gasteiger partial charge in [0.15, 0.2) is 11.5 Å². The molecule has 2 N–H and O–H groups in total. The van der Waals surface area contributed by atoms with E-state index in [1.807, 2.05) is 31.2 Å². The number of aryl methyl sites for hydroxylation is 1. The fraction of sp³-hybridized carbons (Fsp3) is 0.583. The van der Waals surface area contributed by atoms with Crippen molar-refractivity contribution in [1.82, 2.24) is 20.2 Å². The Morgan fingerprint density at radius 1 is 1.15 bits per heavy atom. The number of anilines is 1. The first-order chi connectivity index (χ1) is 16.0. The molecular weight excluding hydrogens is 422 g/mol. The summed E-state index contributed by atoms with van der Waals surface area (Å²) in [5.41, 5.74) is 1.22. The molecule has 33 heavy (non-hydrogen) atoms. The molecule has 0 aliphatic carbocycles. The molecule has 1 aromatic heterocycles. The lowest BCUT2D eigenvalue weighted by Crippen LogP contribution is -2.43. The van der Waals surface area contributed by atoms with Crippen LogP contribution in [0.15, 0.2) is 30.6 Å². The number of methoxy groups -OCH3 is 1. The number of rotatable bonds is 10. The minimum absolute atomic E-state index is 0.508. The number of aliphatic hydroxyl groups is 1. The van der Waals surface area contributed by atoms with Gasteiger partial charge in [0.2, 0.25) is 0 Å². The van der Waals surface area contributed by atoms with Gasteiger partial charge in [0.05, 0.1) is 25.9 Å². The third kappa shape index (κ3) is 6.54. The largest absolute Gasteiger partial charge is 0.493 e. The van der Waals surface area contributed by atoms with Crippen molar-refractivity contribution >= 4 is 5.82 Å². The molecule has 0 saturated carbocycles. The summed E-state index contributed by atoms with van der Waals surface area (Å²) >= 11 is 0. The summed E-state index contributed by atoms with van der Waals surface area (Å²) in [4.78, 5) is 12.9. The van der Waals surface area contributed by atoms with Gasteiger partial charge in [-0.05, 0) is 31.0 Å². The number of ether oxygens (including phenoxy) is 3. The zero-order chi connectivity index (χ0) is 23.1. The highest BCUT2D eigenvalue weighted by atomic mass is 16.5. The molecule has 0 radical (unpaired) electrons. The monoisotopic (exact) mass is 457 g/mol. The number of hydrogen-bond donors (Lipinski definition) is 2. The smallest absolute Gasteiger partial charge is 0.161 e. The summed E-state index contributed by atoms with van der Waals surface area (Å²) in [7, 11) is 1.66. The summed E-state index contributed by atoms with van der Waals surface area (Å²) in [5, 5.41) is 14.4. The molecule has 9 nitrogen and oxygen atoms in total. The SMILES string of the molecule is COc1cc(CNCC2(O)CCN(c3cc(C)ncn3)C2)ccc1OCCN1CCOCC1. The highest BCUT2D eigenvalue weighted by molar-refractivity contribution is 5.43. The van der Waals surface area contributed by atoms with Gasteiger partial charge in [-0.25, -0.2) is 9.97 Å². The number of hydrogen-bond acceptors (Lipinski definition) is 9. The predicted octanol–water partition coefficient (Wildman–Crippen LogP) is 1.24. The maximum atomic E-state index is 11.0. The van der Waals surface area contributed by atoms with Gasteiger partial charge < -0.3 is 29.5 Å². The van der Waals surface area contributed by atoms with Gasteiger partial charge in [-0.1, -0.05) is 6.07 Å². The molecule has 3 heterocycles. The Morgan fingerprint density at radius 3 is 2.79 bits per heavy atom. The third-order valence-electron chi connectivity index (χ3n) is 6.23. The average molecular weight is 458 g/mol. The maximum absolute atomic E-state index is 11.0. The van der Waals surface area contributed by atoms with Crippen LogP contribution in [0.1, 0.15) is 17.7 Å². The first kappa shape index (κ1) is 23.7. The molecule has 2 aliphatic rings. The molecule has 0 bridgehead atoms. The van der Waals surface area contributed by atoms with E-state index in [4.69, 9.17) is 14.2 Å². The van der Waals surface area contributed by atoms with Crippen LogP contribution in [0.25, 0.3) is 0 Å². The second-order valence-electron chi connectivity index (χ2n) is 8.80. The number of benzene rings is 1. The van der Waals surface area contributed by atoms with Crippen LogP contribution in [0.5, 0.6) is 11.5 Å². The van der Waals surface area contributed by atoms with Crippen LogP contribution in [0.3, 0.4) is 0 Å². The molecule has 1 atom stereocenters. The fourth-order valence-electron chi connectivity index (χ4n) is 4.30. The average Bonchev–Trinajstić information content (AvgIpc) is 3.22. The van der Waals surface area contributed by atoms with Crippen LogP contribution in [0.2, 0.25) is 0 Å². The lowest BCUT2D eigenvalue weighted by molar-refractivity contribution is 0.0321. The fourth-order valence-corrected chi connectivity index (χ4v) is 4.30. The van der Waals surface area contributed by atoms with Gasteiger partial charge in [-0.2, -0.15) is 0 Å². The summed E-state index contributed by atoms with van der Waals surface area (Å²) in [5.74, 6) is 2.34. The van der Waals surface area contributed by atoms with Crippen molar-refractivity contribution in [3.8, 4) is 11.5 Å². The van der Waals surface area contributed by atoms with Gasteiger partial charge in [0, 0.05) is 57.6 Å². The first-order valence-corrected chi connectivity index (χ1v) is 11.6. The summed E-state index contributed by atoms with van der Waals surface area (Å²) in [6.45, 7) is 9.40. The van der Waals surface area contributed by atoms with Crippen molar-refractivity contribution in [3.63, 3.8) is 0 Å². The zero-order valence-electron chi connectivity index (χ0n) is 19.6. The van der Waals surface area contributed by atoms with Crippen LogP contribution in [0, 0.1) is 6.92 Å². The van der Waals surface area contributed by atoms with E-state index >= 15 is 0 Å². The van der Waals surface area contributed by atoms with Crippen LogP contribution in [-0.4, -0.2) is 91.8 Å². The molecule has 2 aromatic rings. The highest BCUT2D eigenvalue weighted by Gasteiger charge is 2.36. The number of aromatic nitrogens is 2. The van der Waals surface area contributed by atoms with Crippen LogP contribution in [0.4, 0.5) is 5.82 Å². The van der Waals surface area contributed by atoms with Gasteiger partial charge in [0.25, 0.3) is 0 Å². The second kappa shape index (κ2) is 11.1. The van der Waals surface area contributed by atoms with E-state index in [0.29, 0.717) is 32.7 Å². The lowest BCUT2D eigenvalue weighted by Gasteiger charge is -2.26. The molecule has 0 spiro atoms. The molecule has 1 unspecified atom stereocenters. The highest BCUT2D eigenvalue weighted by Crippen LogP contribution is 2.29. The van der Waals surface area contributed by atoms with Crippen molar-refractivity contribution < 1.29 is 19.3 Å². The summed E-state index contributed by atoms with van der Waals surface area (Å²) < 4.78 is 16.9. The Labute approximate surface area is 195 Å². The number of nitrogens with one attached hydrogen (secondary N) is 1. The van der Waals surface area contributed by atoms with Gasteiger partial charge in [-0.15, -0.1) is 0 Å². The van der Waals surface area contributed by atoms with E-state index in [-0.39, 0.29) is 0 Å². The topological polar surface area (TPSA) is 92.2 Å². The van der Waals surface area contributed by atoms with Crippen LogP contribution < -0.4 is 19.7 Å². The van der Waals surface area contributed by atoms with Crippen molar-refractivity contribution in [2.45, 2.75) is 25.5 Å². The Kier molecular flexibility index (Phi) is 7.97. The minimum atomic E-state index is -0.786. The molecular formula is C24H35N5O4. The van der Waals surface area contributed by atoms with E-state index in [1.165, 1.54) is 0 Å². The number of β-amino-alcohol motifs (C(OH)–C–C–N with tert-alkyl or cyclic N) is 1. The quantitative estimate of drug-likeness (QED) is 0.547. The Morgan fingerprint density at radius 2 is 2.00 bits per heavy atom. The molecule has 2 fully saturated rings. The van der Waals surface area contributed by atoms with E-state index in [2.05, 4.69) is 25.1 Å². The van der Waals surface area contributed by atoms with Crippen molar-refractivity contribution in [1.29, 1.82) is 0 Å². The zero-order valence-corrected chi connectivity index (χ0v) is 19.6. The van der Waals surface area contributed by atoms with Gasteiger partial charge >= 0.3 is 0 Å². The normalized spacial score (nSPS) is 21.4. The molecule has 4 rings (SSSR count). The van der Waals surface area contributed by atoms with Crippen LogP contribution in [-0.2, 0) is 11.3 Å². The van der Waals surface area contributed by atoms with Crippen molar-refractivity contribution in [2.75, 3.05) is 71.1 Å². The number of morpholine rings is 1. The van der Waals surface area contributed by atoms with Gasteiger partial charge in [0.1, 0.15) is 18.8 Å². The number of nitrogens with zero attached hydrogens (tertiary/aromatic N) is 4. The van der Waals surface area contributed by atoms with Crippen molar-refractivity contribution in [3.05, 3.63) is 41.9 Å². The minimum Gasteiger partial charge on any atom is -0.493 e. The second-order valence-corrected chi connectivity index (χ2v) is 8.80. The Bertz CT molecular complexity index is 908. The summed E-state index contributed by atoms with van der Waals surface area (Å²) in [6.07, 6.45) is 2.27. The van der Waals surface area contributed by atoms with E-state index in [0.717, 1.165) is 68.0 Å². The van der Waals surface area contributed by atoms with E-state index in [1.54, 1.807) is 13.4 Å². The lowest BCUT2D eigenvalue weighted by atomic mass is 10.0. The van der Waals surface area contributed by atoms with E-state index in [9.17, 15) is 5.11 Å². The molecule has 9 heteroatoms. The molecule has 1 aromatic carbocycles. The molecule has 2 saturated heterocycles. The third-order valence-corrected chi connectivity index (χ3v) is 6.23. The van der Waals surface area contributed by atoms with Crippen molar-refractivity contribution in [2.24, 2.45) is 0 Å². The molecule has 180 valence electrons. The maximum Gasteiger partial charge on any atom is 0.161 e. The standard InChI is InChI=1S/C24H35N5O4/c1-19-13-23(27-18-26-19)29-6-5-24(30,17-29)16-25-15-20-3-4-21(22(14-20)31-2)33-12-9-28-7-10-32-11-8-28/h3-4,13-14,18,25,30H,5-12,15-17H2,1-2H3. The first-order valence-electron chi connectivity index (χ1n) is 11.6. The Balaban J connectivity index is 1.24. The Hall–Kier alpha value is -2.46. The van der Waals surface area contributed by atoms with Gasteiger partial charge in [-0.3, -0.25) is 4.90 Å². The summed E-state index contributed by atoms with van der Waals surface area (Å²) in [6, 6.07) is 7.94. The van der Waals surface area contributed by atoms with Crippen LogP contribution >= 0.6 is 0 Å². The van der Waals surface area contributed by atoms with E-state index < -0.39 is 5.60 Å². The molecule has 0 amide bonds.